The second kappa shape index (κ2) is 9.80. The molecule has 3 heterocycles. The summed E-state index contributed by atoms with van der Waals surface area (Å²) in [6.07, 6.45) is 0. The van der Waals surface area contributed by atoms with Crippen LogP contribution in [0.2, 0.25) is 0 Å². The maximum atomic E-state index is 13.0. The highest BCUT2D eigenvalue weighted by Crippen LogP contribution is 2.22. The van der Waals surface area contributed by atoms with Crippen molar-refractivity contribution in [3.05, 3.63) is 24.3 Å². The molecule has 3 amide bonds. The Bertz CT molecular complexity index is 1030. The van der Waals surface area contributed by atoms with Gasteiger partial charge in [0.1, 0.15) is 12.3 Å². The minimum absolute atomic E-state index is 0.103. The monoisotopic (exact) mass is 471 g/mol. The highest BCUT2D eigenvalue weighted by molar-refractivity contribution is 6.23. The fraction of sp³-hybridized carbons (Fsp3) is 0.522. The first-order valence-corrected chi connectivity index (χ1v) is 11.4. The summed E-state index contributed by atoms with van der Waals surface area (Å²) in [6.45, 7) is 5.60. The lowest BCUT2D eigenvalue weighted by atomic mass is 10.1. The Balaban J connectivity index is 1.50. The smallest absolute Gasteiger partial charge is 0.348 e. The quantitative estimate of drug-likeness (QED) is 0.411. The average Bonchev–Trinajstić information content (AvgIpc) is 3.19. The van der Waals surface area contributed by atoms with E-state index < -0.39 is 23.9 Å². The summed E-state index contributed by atoms with van der Waals surface area (Å²) in [5.74, 6) is 0.936. The molecule has 1 unspecified atom stereocenters. The molecule has 3 aliphatic heterocycles. The van der Waals surface area contributed by atoms with E-state index in [1.165, 1.54) is 11.9 Å². The van der Waals surface area contributed by atoms with Crippen LogP contribution in [0.4, 0.5) is 10.5 Å². The van der Waals surface area contributed by atoms with Gasteiger partial charge in [-0.15, -0.1) is 0 Å². The van der Waals surface area contributed by atoms with Gasteiger partial charge in [-0.1, -0.05) is 0 Å². The van der Waals surface area contributed by atoms with Gasteiger partial charge in [0.15, 0.2) is 6.54 Å². The Morgan fingerprint density at radius 2 is 1.76 bits per heavy atom. The maximum absolute atomic E-state index is 13.0. The van der Waals surface area contributed by atoms with Crippen LogP contribution in [0.1, 0.15) is 6.92 Å². The summed E-state index contributed by atoms with van der Waals surface area (Å²) in [6, 6.07) is 6.75. The lowest BCUT2D eigenvalue weighted by Gasteiger charge is -2.35. The number of benzene rings is 1. The van der Waals surface area contributed by atoms with Crippen LogP contribution in [0.5, 0.6) is 5.75 Å². The van der Waals surface area contributed by atoms with Crippen LogP contribution in [0, 0.1) is 0 Å². The number of aliphatic imine (C=N–C) groups is 1. The van der Waals surface area contributed by atoms with E-state index in [2.05, 4.69) is 14.8 Å². The van der Waals surface area contributed by atoms with E-state index in [9.17, 15) is 14.4 Å². The maximum Gasteiger partial charge on any atom is 0.348 e. The van der Waals surface area contributed by atoms with Gasteiger partial charge >= 0.3 is 17.8 Å². The van der Waals surface area contributed by atoms with E-state index in [-0.39, 0.29) is 13.2 Å². The fourth-order valence-corrected chi connectivity index (χ4v) is 4.46. The summed E-state index contributed by atoms with van der Waals surface area (Å²) < 4.78 is 12.0. The standard InChI is InChI=1S/C23H31N6O5/c1-5-34-19(30)15-29-18(24-21-20(29)22(31)26(3)23(32)25(21)2)14-27-10-12-28(13-11-27)16-6-8-17(33-4)9-7-16/h6-9,20H,5,10-15H2,1-4H3/q+1. The molecular weight excluding hydrogens is 440 g/mol. The van der Waals surface area contributed by atoms with Crippen LogP contribution in [0.15, 0.2) is 29.3 Å². The molecule has 1 aromatic rings. The van der Waals surface area contributed by atoms with E-state index in [1.54, 1.807) is 25.7 Å². The molecule has 0 bridgehead atoms. The van der Waals surface area contributed by atoms with Crippen molar-refractivity contribution in [3.63, 3.8) is 0 Å². The largest absolute Gasteiger partial charge is 0.497 e. The lowest BCUT2D eigenvalue weighted by molar-refractivity contribution is -0.527. The first-order valence-electron chi connectivity index (χ1n) is 11.4. The number of nitrogens with zero attached hydrogens (tertiary/aromatic N) is 6. The number of anilines is 1. The fourth-order valence-electron chi connectivity index (χ4n) is 4.46. The number of fused-ring (bicyclic) bond motifs is 1. The molecule has 0 N–H and O–H groups in total. The first-order chi connectivity index (χ1) is 16.3. The molecule has 0 saturated carbocycles. The molecule has 11 heteroatoms. The van der Waals surface area contributed by atoms with Crippen LogP contribution in [-0.2, 0) is 14.3 Å². The summed E-state index contributed by atoms with van der Waals surface area (Å²) in [7, 11) is 4.69. The summed E-state index contributed by atoms with van der Waals surface area (Å²) >= 11 is 0. The van der Waals surface area contributed by atoms with Crippen molar-refractivity contribution in [2.45, 2.75) is 13.0 Å². The predicted octanol–water partition coefficient (Wildman–Crippen LogP) is 0.0958. The van der Waals surface area contributed by atoms with Gasteiger partial charge in [0.05, 0.1) is 13.7 Å². The second-order valence-electron chi connectivity index (χ2n) is 8.42. The van der Waals surface area contributed by atoms with Crippen molar-refractivity contribution in [2.24, 2.45) is 4.99 Å². The van der Waals surface area contributed by atoms with Gasteiger partial charge in [-0.25, -0.2) is 14.2 Å². The third-order valence-electron chi connectivity index (χ3n) is 6.39. The number of rotatable bonds is 7. The molecule has 11 nitrogen and oxygen atoms in total. The van der Waals surface area contributed by atoms with Crippen LogP contribution in [-0.4, -0.2) is 122 Å². The zero-order valence-corrected chi connectivity index (χ0v) is 20.1. The Morgan fingerprint density at radius 3 is 2.38 bits per heavy atom. The Hall–Kier alpha value is -3.47. The van der Waals surface area contributed by atoms with Gasteiger partial charge in [-0.3, -0.25) is 19.5 Å². The highest BCUT2D eigenvalue weighted by Gasteiger charge is 2.53. The topological polar surface area (TPSA) is 98.0 Å². The molecule has 3 aliphatic rings. The van der Waals surface area contributed by atoms with Crippen molar-refractivity contribution in [1.29, 1.82) is 0 Å². The normalized spacial score (nSPS) is 21.1. The molecule has 1 atom stereocenters. The molecule has 0 aromatic heterocycles. The van der Waals surface area contributed by atoms with E-state index in [4.69, 9.17) is 9.47 Å². The second-order valence-corrected chi connectivity index (χ2v) is 8.42. The van der Waals surface area contributed by atoms with Crippen molar-refractivity contribution in [3.8, 4) is 5.75 Å². The van der Waals surface area contributed by atoms with Crippen LogP contribution in [0.3, 0.4) is 0 Å². The van der Waals surface area contributed by atoms with E-state index >= 15 is 0 Å². The van der Waals surface area contributed by atoms with Crippen LogP contribution in [0.25, 0.3) is 0 Å². The van der Waals surface area contributed by atoms with E-state index in [1.807, 2.05) is 24.3 Å². The molecule has 0 aliphatic carbocycles. The molecule has 4 rings (SSSR count). The number of piperazine rings is 1. The Labute approximate surface area is 198 Å². The minimum Gasteiger partial charge on any atom is -0.497 e. The molecule has 2 saturated heterocycles. The number of imide groups is 1. The molecule has 1 aromatic carbocycles. The van der Waals surface area contributed by atoms with Crippen molar-refractivity contribution >= 4 is 35.3 Å². The van der Waals surface area contributed by atoms with Crippen LogP contribution >= 0.6 is 0 Å². The molecule has 0 spiro atoms. The molecule has 2 fully saturated rings. The molecule has 34 heavy (non-hydrogen) atoms. The van der Waals surface area contributed by atoms with Gasteiger partial charge in [0, 0.05) is 46.0 Å². The van der Waals surface area contributed by atoms with Gasteiger partial charge in [0.2, 0.25) is 0 Å². The number of hydrogen-bond acceptors (Lipinski definition) is 8. The van der Waals surface area contributed by atoms with Gasteiger partial charge in [-0.2, -0.15) is 0 Å². The molecule has 182 valence electrons. The Morgan fingerprint density at radius 1 is 1.09 bits per heavy atom. The summed E-state index contributed by atoms with van der Waals surface area (Å²) in [5, 5.41) is 0. The SMILES string of the molecule is CCOC(=O)C[N+]1=C(CN2CCN(c3ccc(OC)cc3)CC2)N=C2C1C(=O)N(C)C(=O)N2C. The number of hydrogen-bond donors (Lipinski definition) is 0. The first kappa shape index (κ1) is 23.7. The van der Waals surface area contributed by atoms with E-state index in [0.717, 1.165) is 42.5 Å². The zero-order valence-electron chi connectivity index (χ0n) is 20.1. The Kier molecular flexibility index (Phi) is 6.82. The van der Waals surface area contributed by atoms with Gasteiger partial charge < -0.3 is 14.4 Å². The predicted molar refractivity (Wildman–Crippen MR) is 126 cm³/mol. The van der Waals surface area contributed by atoms with Gasteiger partial charge in [0.25, 0.3) is 17.8 Å². The molecular formula is C23H31N6O5+. The van der Waals surface area contributed by atoms with Crippen molar-refractivity contribution in [1.82, 2.24) is 14.7 Å². The summed E-state index contributed by atoms with van der Waals surface area (Å²) in [4.78, 5) is 49.4. The average molecular weight is 472 g/mol. The van der Waals surface area contributed by atoms with Crippen LogP contribution < -0.4 is 9.64 Å². The number of urea groups is 1. The summed E-state index contributed by atoms with van der Waals surface area (Å²) in [5.41, 5.74) is 1.14. The number of carbonyl (C=O) groups excluding carboxylic acids is 3. The molecule has 0 radical (unpaired) electrons. The third-order valence-corrected chi connectivity index (χ3v) is 6.39. The number of carbonyl (C=O) groups is 3. The number of amides is 3. The van der Waals surface area contributed by atoms with Crippen molar-refractivity contribution in [2.75, 3.05) is 72.0 Å². The minimum atomic E-state index is -0.812. The highest BCUT2D eigenvalue weighted by atomic mass is 16.5. The third kappa shape index (κ3) is 4.47. The lowest BCUT2D eigenvalue weighted by Crippen LogP contribution is -2.62. The number of esters is 1. The number of likely N-dealkylation sites (N-methyl/N-ethyl adjacent to an activating group) is 2. The number of ether oxygens (including phenoxy) is 2. The number of amidine groups is 2. The van der Waals surface area contributed by atoms with Gasteiger partial charge in [-0.05, 0) is 36.2 Å². The zero-order chi connectivity index (χ0) is 24.4. The number of methoxy groups -OCH3 is 1. The van der Waals surface area contributed by atoms with E-state index in [0.29, 0.717) is 18.2 Å². The van der Waals surface area contributed by atoms with Crippen molar-refractivity contribution < 1.29 is 28.4 Å².